The molecule has 0 aliphatic carbocycles. The molecule has 6 nitrogen and oxygen atoms in total. The minimum absolute atomic E-state index is 0.0134. The number of ether oxygens (including phenoxy) is 1. The van der Waals surface area contributed by atoms with Gasteiger partial charge in [-0.2, -0.15) is 0 Å². The number of aromatic nitrogens is 1. The van der Waals surface area contributed by atoms with Crippen molar-refractivity contribution in [2.75, 3.05) is 13.7 Å². The molecule has 3 heterocycles. The van der Waals surface area contributed by atoms with Crippen LogP contribution in [0.25, 0.3) is 0 Å². The molecule has 122 valence electrons. The molecule has 6 heteroatoms. The number of urea groups is 1. The van der Waals surface area contributed by atoms with Crippen LogP contribution in [0.3, 0.4) is 0 Å². The van der Waals surface area contributed by atoms with E-state index in [2.05, 4.69) is 10.3 Å². The first kappa shape index (κ1) is 15.4. The molecule has 2 amide bonds. The summed E-state index contributed by atoms with van der Waals surface area (Å²) in [6.07, 6.45) is 3.57. The van der Waals surface area contributed by atoms with Gasteiger partial charge in [-0.1, -0.05) is 6.07 Å². The van der Waals surface area contributed by atoms with Gasteiger partial charge in [0, 0.05) is 24.8 Å². The number of hydrogen-bond donors (Lipinski definition) is 1. The summed E-state index contributed by atoms with van der Waals surface area (Å²) in [5.74, 6) is 2.26. The number of likely N-dealkylation sites (tertiary alicyclic amines) is 1. The molecule has 1 saturated heterocycles. The van der Waals surface area contributed by atoms with Crippen LogP contribution in [0.1, 0.15) is 36.0 Å². The third-order valence-electron chi connectivity index (χ3n) is 4.08. The van der Waals surface area contributed by atoms with E-state index < -0.39 is 0 Å². The number of furan rings is 1. The molecule has 3 rings (SSSR count). The first-order valence-electron chi connectivity index (χ1n) is 7.77. The average Bonchev–Trinajstić information content (AvgIpc) is 3.21. The van der Waals surface area contributed by atoms with Gasteiger partial charge in [-0.15, -0.1) is 0 Å². The minimum Gasteiger partial charge on any atom is -0.481 e. The number of nitrogens with one attached hydrogen (secondary N) is 1. The highest BCUT2D eigenvalue weighted by molar-refractivity contribution is 5.75. The highest BCUT2D eigenvalue weighted by Crippen LogP contribution is 2.32. The number of amides is 2. The summed E-state index contributed by atoms with van der Waals surface area (Å²) in [4.78, 5) is 18.5. The molecule has 0 radical (unpaired) electrons. The third kappa shape index (κ3) is 3.31. The smallest absolute Gasteiger partial charge is 0.318 e. The lowest BCUT2D eigenvalue weighted by Crippen LogP contribution is -2.39. The number of rotatable bonds is 4. The second kappa shape index (κ2) is 6.73. The number of hydrogen-bond acceptors (Lipinski definition) is 4. The van der Waals surface area contributed by atoms with Gasteiger partial charge in [-0.05, 0) is 38.0 Å². The molecule has 1 N–H and O–H groups in total. The van der Waals surface area contributed by atoms with Crippen LogP contribution in [-0.2, 0) is 6.54 Å². The normalized spacial score (nSPS) is 17.3. The van der Waals surface area contributed by atoms with E-state index in [1.54, 1.807) is 13.3 Å². The summed E-state index contributed by atoms with van der Waals surface area (Å²) >= 11 is 0. The number of carbonyl (C=O) groups is 1. The molecule has 1 aliphatic rings. The lowest BCUT2D eigenvalue weighted by molar-refractivity contribution is 0.185. The van der Waals surface area contributed by atoms with E-state index >= 15 is 0 Å². The summed E-state index contributed by atoms with van der Waals surface area (Å²) in [6, 6.07) is 7.53. The van der Waals surface area contributed by atoms with Gasteiger partial charge in [-0.25, -0.2) is 9.78 Å². The van der Waals surface area contributed by atoms with Crippen molar-refractivity contribution in [2.45, 2.75) is 32.4 Å². The maximum atomic E-state index is 12.5. The van der Waals surface area contributed by atoms with Crippen molar-refractivity contribution in [2.24, 2.45) is 0 Å². The van der Waals surface area contributed by atoms with Crippen LogP contribution in [0.15, 0.2) is 34.9 Å². The van der Waals surface area contributed by atoms with Gasteiger partial charge in [-0.3, -0.25) is 0 Å². The van der Waals surface area contributed by atoms with Crippen LogP contribution in [0, 0.1) is 6.92 Å². The molecule has 0 spiro atoms. The lowest BCUT2D eigenvalue weighted by atomic mass is 10.2. The number of aryl methyl sites for hydroxylation is 1. The Morgan fingerprint density at radius 3 is 3.09 bits per heavy atom. The number of carbonyl (C=O) groups excluding carboxylic acids is 1. The van der Waals surface area contributed by atoms with Crippen molar-refractivity contribution in [1.82, 2.24) is 15.2 Å². The van der Waals surface area contributed by atoms with E-state index in [-0.39, 0.29) is 12.1 Å². The van der Waals surface area contributed by atoms with E-state index in [0.29, 0.717) is 12.4 Å². The number of nitrogens with zero attached hydrogens (tertiary/aromatic N) is 2. The second-order valence-electron chi connectivity index (χ2n) is 5.63. The Morgan fingerprint density at radius 2 is 2.35 bits per heavy atom. The predicted octanol–water partition coefficient (Wildman–Crippen LogP) is 3.04. The summed E-state index contributed by atoms with van der Waals surface area (Å²) in [7, 11) is 1.57. The van der Waals surface area contributed by atoms with Crippen molar-refractivity contribution >= 4 is 6.03 Å². The molecule has 0 aromatic carbocycles. The van der Waals surface area contributed by atoms with Crippen LogP contribution in [0.2, 0.25) is 0 Å². The van der Waals surface area contributed by atoms with Gasteiger partial charge in [0.2, 0.25) is 5.88 Å². The van der Waals surface area contributed by atoms with Gasteiger partial charge in [0.15, 0.2) is 0 Å². The third-order valence-corrected chi connectivity index (χ3v) is 4.08. The maximum absolute atomic E-state index is 12.5. The molecule has 0 saturated carbocycles. The summed E-state index contributed by atoms with van der Waals surface area (Å²) in [5.41, 5.74) is 0.855. The fourth-order valence-corrected chi connectivity index (χ4v) is 2.95. The van der Waals surface area contributed by atoms with E-state index in [0.717, 1.165) is 36.5 Å². The van der Waals surface area contributed by atoms with Crippen molar-refractivity contribution in [3.05, 3.63) is 47.5 Å². The van der Waals surface area contributed by atoms with Crippen LogP contribution in [0.4, 0.5) is 4.79 Å². The number of pyridine rings is 1. The van der Waals surface area contributed by atoms with Crippen LogP contribution in [0.5, 0.6) is 5.88 Å². The molecular weight excluding hydrogens is 294 g/mol. The maximum Gasteiger partial charge on any atom is 0.318 e. The van der Waals surface area contributed by atoms with E-state index in [1.165, 1.54) is 0 Å². The first-order chi connectivity index (χ1) is 11.2. The zero-order chi connectivity index (χ0) is 16.2. The lowest BCUT2D eigenvalue weighted by Gasteiger charge is -2.23. The summed E-state index contributed by atoms with van der Waals surface area (Å²) in [6.45, 7) is 3.04. The Hall–Kier alpha value is -2.50. The molecule has 1 fully saturated rings. The average molecular weight is 315 g/mol. The molecule has 1 aliphatic heterocycles. The highest BCUT2D eigenvalue weighted by Gasteiger charge is 2.31. The molecule has 2 aromatic heterocycles. The molecule has 2 aromatic rings. The van der Waals surface area contributed by atoms with Gasteiger partial charge in [0.1, 0.15) is 11.5 Å². The minimum atomic E-state index is -0.0903. The first-order valence-corrected chi connectivity index (χ1v) is 7.77. The van der Waals surface area contributed by atoms with E-state index in [9.17, 15) is 4.79 Å². The number of methoxy groups -OCH3 is 1. The zero-order valence-electron chi connectivity index (χ0n) is 13.4. The van der Waals surface area contributed by atoms with Crippen molar-refractivity contribution in [3.63, 3.8) is 0 Å². The van der Waals surface area contributed by atoms with E-state index in [4.69, 9.17) is 9.15 Å². The molecular formula is C17H21N3O3. The van der Waals surface area contributed by atoms with Gasteiger partial charge in [0.25, 0.3) is 0 Å². The van der Waals surface area contributed by atoms with Crippen molar-refractivity contribution < 1.29 is 13.9 Å². The molecule has 1 unspecified atom stereocenters. The Bertz CT molecular complexity index is 683. The standard InChI is InChI=1S/C17H21N3O3/c1-12-7-8-15(23-12)14-6-4-10-20(14)17(21)19-11-13-5-3-9-18-16(13)22-2/h3,5,7-9,14H,4,6,10-11H2,1-2H3,(H,19,21). The second-order valence-corrected chi connectivity index (χ2v) is 5.63. The molecule has 23 heavy (non-hydrogen) atoms. The van der Waals surface area contributed by atoms with Gasteiger partial charge >= 0.3 is 6.03 Å². The van der Waals surface area contributed by atoms with Crippen molar-refractivity contribution in [3.8, 4) is 5.88 Å². The largest absolute Gasteiger partial charge is 0.481 e. The van der Waals surface area contributed by atoms with Crippen LogP contribution < -0.4 is 10.1 Å². The predicted molar refractivity (Wildman–Crippen MR) is 85.2 cm³/mol. The Kier molecular flexibility index (Phi) is 4.50. The van der Waals surface area contributed by atoms with Crippen LogP contribution >= 0.6 is 0 Å². The quantitative estimate of drug-likeness (QED) is 0.941. The van der Waals surface area contributed by atoms with E-state index in [1.807, 2.05) is 36.1 Å². The summed E-state index contributed by atoms with van der Waals surface area (Å²) in [5, 5.41) is 2.95. The van der Waals surface area contributed by atoms with Crippen molar-refractivity contribution in [1.29, 1.82) is 0 Å². The van der Waals surface area contributed by atoms with Gasteiger partial charge in [0.05, 0.1) is 13.2 Å². The van der Waals surface area contributed by atoms with Gasteiger partial charge < -0.3 is 19.4 Å². The highest BCUT2D eigenvalue weighted by atomic mass is 16.5. The Balaban J connectivity index is 1.65. The topological polar surface area (TPSA) is 67.6 Å². The Morgan fingerprint density at radius 1 is 1.48 bits per heavy atom. The zero-order valence-corrected chi connectivity index (χ0v) is 13.4. The fraction of sp³-hybridized carbons (Fsp3) is 0.412. The SMILES string of the molecule is COc1ncccc1CNC(=O)N1CCCC1c1ccc(C)o1. The monoisotopic (exact) mass is 315 g/mol. The fourth-order valence-electron chi connectivity index (χ4n) is 2.95. The van der Waals surface area contributed by atoms with Crippen LogP contribution in [-0.4, -0.2) is 29.6 Å². The molecule has 1 atom stereocenters. The molecule has 0 bridgehead atoms. The Labute approximate surface area is 135 Å². The summed E-state index contributed by atoms with van der Waals surface area (Å²) < 4.78 is 10.9.